The van der Waals surface area contributed by atoms with E-state index in [0.29, 0.717) is 16.2 Å². The minimum Gasteiger partial charge on any atom is -0.444 e. The van der Waals surface area contributed by atoms with E-state index in [9.17, 15) is 4.79 Å². The number of rotatable bonds is 3. The average Bonchev–Trinajstić information content (AvgIpc) is 2.37. The third-order valence-electron chi connectivity index (χ3n) is 2.38. The van der Waals surface area contributed by atoms with Crippen LogP contribution in [0.15, 0.2) is 35.1 Å². The van der Waals surface area contributed by atoms with Gasteiger partial charge in [-0.15, -0.1) is 0 Å². The van der Waals surface area contributed by atoms with Crippen LogP contribution in [0.2, 0.25) is 5.15 Å². The van der Waals surface area contributed by atoms with Gasteiger partial charge in [-0.05, 0) is 48.8 Å². The van der Waals surface area contributed by atoms with Gasteiger partial charge < -0.3 is 9.47 Å². The van der Waals surface area contributed by atoms with Crippen LogP contribution in [0.25, 0.3) is 0 Å². The first-order chi connectivity index (χ1) is 10.7. The molecule has 0 saturated carbocycles. The number of hydrogen-bond donors (Lipinski definition) is 1. The largest absolute Gasteiger partial charge is 0.444 e. The van der Waals surface area contributed by atoms with Crippen LogP contribution < -0.4 is 10.1 Å². The first-order valence-corrected chi connectivity index (χ1v) is 7.87. The fourth-order valence-corrected chi connectivity index (χ4v) is 2.25. The Labute approximate surface area is 147 Å². The molecule has 0 aliphatic heterocycles. The second kappa shape index (κ2) is 7.14. The number of nitrogens with zero attached hydrogens (tertiary/aromatic N) is 2. The lowest BCUT2D eigenvalue weighted by Crippen LogP contribution is -2.27. The van der Waals surface area contributed by atoms with Crippen molar-refractivity contribution in [1.82, 2.24) is 9.97 Å². The molecule has 0 spiro atoms. The summed E-state index contributed by atoms with van der Waals surface area (Å²) >= 11 is 9.00. The number of para-hydroxylation sites is 2. The van der Waals surface area contributed by atoms with E-state index in [2.05, 4.69) is 31.2 Å². The Morgan fingerprint density at radius 3 is 2.61 bits per heavy atom. The molecule has 0 fully saturated rings. The van der Waals surface area contributed by atoms with Crippen LogP contribution in [0.3, 0.4) is 0 Å². The summed E-state index contributed by atoms with van der Waals surface area (Å²) in [4.78, 5) is 19.9. The van der Waals surface area contributed by atoms with Crippen LogP contribution in [-0.4, -0.2) is 21.7 Å². The molecule has 0 unspecified atom stereocenters. The van der Waals surface area contributed by atoms with Gasteiger partial charge >= 0.3 is 6.09 Å². The summed E-state index contributed by atoms with van der Waals surface area (Å²) in [6.07, 6.45) is -0.574. The van der Waals surface area contributed by atoms with E-state index in [1.165, 1.54) is 6.07 Å². The first kappa shape index (κ1) is 17.5. The van der Waals surface area contributed by atoms with E-state index in [-0.39, 0.29) is 11.0 Å². The van der Waals surface area contributed by atoms with Crippen molar-refractivity contribution in [3.05, 3.63) is 40.2 Å². The number of benzene rings is 1. The highest BCUT2D eigenvalue weighted by Gasteiger charge is 2.17. The molecular formula is C15H15BrClN3O3. The number of anilines is 1. The van der Waals surface area contributed by atoms with Gasteiger partial charge in [0, 0.05) is 6.07 Å². The summed E-state index contributed by atoms with van der Waals surface area (Å²) in [5, 5.41) is 2.88. The highest BCUT2D eigenvalue weighted by Crippen LogP contribution is 2.30. The van der Waals surface area contributed by atoms with Gasteiger partial charge in [0.05, 0.1) is 5.69 Å². The summed E-state index contributed by atoms with van der Waals surface area (Å²) < 4.78 is 11.2. The Hall–Kier alpha value is -1.86. The summed E-state index contributed by atoms with van der Waals surface area (Å²) in [7, 11) is 0. The summed E-state index contributed by atoms with van der Waals surface area (Å²) in [6.45, 7) is 5.36. The highest BCUT2D eigenvalue weighted by molar-refractivity contribution is 9.10. The molecule has 6 nitrogen and oxygen atoms in total. The van der Waals surface area contributed by atoms with Crippen molar-refractivity contribution in [2.75, 3.05) is 5.32 Å². The molecule has 1 heterocycles. The number of hydrogen-bond acceptors (Lipinski definition) is 5. The molecule has 122 valence electrons. The number of carbonyl (C=O) groups is 1. The standard InChI is InChI=1S/C15H15BrClN3O3/c1-15(2,3)23-14(21)18-9-6-4-5-7-10(9)22-12-8-11(17)19-13(16)20-12/h4-8H,1-3H3,(H,18,21). The lowest BCUT2D eigenvalue weighted by molar-refractivity contribution is 0.0635. The van der Waals surface area contributed by atoms with Crippen molar-refractivity contribution in [2.45, 2.75) is 26.4 Å². The lowest BCUT2D eigenvalue weighted by Gasteiger charge is -2.20. The minimum absolute atomic E-state index is 0.236. The van der Waals surface area contributed by atoms with E-state index in [4.69, 9.17) is 21.1 Å². The van der Waals surface area contributed by atoms with Crippen LogP contribution in [-0.2, 0) is 4.74 Å². The van der Waals surface area contributed by atoms with Crippen LogP contribution in [0, 0.1) is 0 Å². The zero-order chi connectivity index (χ0) is 17.0. The molecule has 0 aliphatic rings. The fourth-order valence-electron chi connectivity index (χ4n) is 1.61. The van der Waals surface area contributed by atoms with Gasteiger partial charge in [0.25, 0.3) is 0 Å². The van der Waals surface area contributed by atoms with Crippen molar-refractivity contribution < 1.29 is 14.3 Å². The van der Waals surface area contributed by atoms with Crippen molar-refractivity contribution in [3.8, 4) is 11.6 Å². The second-order valence-electron chi connectivity index (χ2n) is 5.52. The molecule has 23 heavy (non-hydrogen) atoms. The average molecular weight is 401 g/mol. The lowest BCUT2D eigenvalue weighted by atomic mass is 10.2. The van der Waals surface area contributed by atoms with Gasteiger partial charge in [0.2, 0.25) is 10.6 Å². The monoisotopic (exact) mass is 399 g/mol. The summed E-state index contributed by atoms with van der Waals surface area (Å²) in [6, 6.07) is 8.39. The van der Waals surface area contributed by atoms with Gasteiger partial charge in [0.15, 0.2) is 5.75 Å². The van der Waals surface area contributed by atoms with E-state index < -0.39 is 11.7 Å². The normalized spacial score (nSPS) is 11.0. The number of carbonyl (C=O) groups excluding carboxylic acids is 1. The molecule has 0 saturated heterocycles. The molecular weight excluding hydrogens is 386 g/mol. The molecule has 1 amide bonds. The van der Waals surface area contributed by atoms with Gasteiger partial charge in [0.1, 0.15) is 10.8 Å². The SMILES string of the molecule is CC(C)(C)OC(=O)Nc1ccccc1Oc1cc(Cl)nc(Br)n1. The smallest absolute Gasteiger partial charge is 0.412 e. The van der Waals surface area contributed by atoms with Gasteiger partial charge in [-0.3, -0.25) is 5.32 Å². The Kier molecular flexibility index (Phi) is 5.43. The van der Waals surface area contributed by atoms with Gasteiger partial charge in [-0.2, -0.15) is 4.98 Å². The fraction of sp³-hybridized carbons (Fsp3) is 0.267. The maximum absolute atomic E-state index is 11.9. The van der Waals surface area contributed by atoms with Crippen molar-refractivity contribution in [1.29, 1.82) is 0 Å². The van der Waals surface area contributed by atoms with Gasteiger partial charge in [-0.25, -0.2) is 9.78 Å². The highest BCUT2D eigenvalue weighted by atomic mass is 79.9. The van der Waals surface area contributed by atoms with E-state index in [0.717, 1.165) is 0 Å². The number of halogens is 2. The third-order valence-corrected chi connectivity index (χ3v) is 2.93. The molecule has 0 radical (unpaired) electrons. The van der Waals surface area contributed by atoms with Crippen molar-refractivity contribution in [3.63, 3.8) is 0 Å². The quantitative estimate of drug-likeness (QED) is 0.577. The Bertz CT molecular complexity index is 699. The van der Waals surface area contributed by atoms with Crippen LogP contribution >= 0.6 is 27.5 Å². The zero-order valence-electron chi connectivity index (χ0n) is 12.8. The second-order valence-corrected chi connectivity index (χ2v) is 6.62. The van der Waals surface area contributed by atoms with Crippen LogP contribution in [0.1, 0.15) is 20.8 Å². The molecule has 1 aromatic heterocycles. The number of aromatic nitrogens is 2. The van der Waals surface area contributed by atoms with Crippen molar-refractivity contribution >= 4 is 39.3 Å². The zero-order valence-corrected chi connectivity index (χ0v) is 15.1. The maximum Gasteiger partial charge on any atom is 0.412 e. The number of amides is 1. The van der Waals surface area contributed by atoms with E-state index in [1.807, 2.05) is 0 Å². The molecule has 0 bridgehead atoms. The number of ether oxygens (including phenoxy) is 2. The minimum atomic E-state index is -0.592. The van der Waals surface area contributed by atoms with Gasteiger partial charge in [-0.1, -0.05) is 23.7 Å². The molecule has 0 atom stereocenters. The molecule has 2 aromatic rings. The molecule has 2 rings (SSSR count). The predicted octanol–water partition coefficient (Wildman–Crippen LogP) is 5.03. The van der Waals surface area contributed by atoms with Crippen molar-refractivity contribution in [2.24, 2.45) is 0 Å². The number of nitrogens with one attached hydrogen (secondary N) is 1. The summed E-state index contributed by atoms with van der Waals surface area (Å²) in [5.74, 6) is 0.648. The van der Waals surface area contributed by atoms with Crippen LogP contribution in [0.4, 0.5) is 10.5 Å². The summed E-state index contributed by atoms with van der Waals surface area (Å²) in [5.41, 5.74) is -0.141. The predicted molar refractivity (Wildman–Crippen MR) is 91.1 cm³/mol. The molecule has 1 aromatic carbocycles. The maximum atomic E-state index is 11.9. The Balaban J connectivity index is 2.19. The van der Waals surface area contributed by atoms with E-state index >= 15 is 0 Å². The van der Waals surface area contributed by atoms with E-state index in [1.54, 1.807) is 45.0 Å². The van der Waals surface area contributed by atoms with Crippen LogP contribution in [0.5, 0.6) is 11.6 Å². The molecule has 0 aliphatic carbocycles. The Morgan fingerprint density at radius 1 is 1.26 bits per heavy atom. The molecule has 1 N–H and O–H groups in total. The topological polar surface area (TPSA) is 73.3 Å². The Morgan fingerprint density at radius 2 is 1.96 bits per heavy atom. The first-order valence-electron chi connectivity index (χ1n) is 6.70. The third kappa shape index (κ3) is 5.69. The molecule has 8 heteroatoms.